The average Bonchev–Trinajstić information content (AvgIpc) is 2.98. The third-order valence-electron chi connectivity index (χ3n) is 2.74. The van der Waals surface area contributed by atoms with Gasteiger partial charge < -0.3 is 14.8 Å². The predicted octanol–water partition coefficient (Wildman–Crippen LogP) is 3.46. The lowest BCUT2D eigenvalue weighted by Gasteiger charge is -2.11. The van der Waals surface area contributed by atoms with E-state index < -0.39 is 0 Å². The second-order valence-corrected chi connectivity index (χ2v) is 5.58. The molecule has 0 radical (unpaired) electrons. The summed E-state index contributed by atoms with van der Waals surface area (Å²) in [6, 6.07) is 5.33. The molecule has 1 aromatic carbocycles. The van der Waals surface area contributed by atoms with Gasteiger partial charge in [0, 0.05) is 12.1 Å². The minimum Gasteiger partial charge on any atom is -0.495 e. The highest BCUT2D eigenvalue weighted by Gasteiger charge is 2.14. The molecule has 0 fully saturated rings. The van der Waals surface area contributed by atoms with E-state index in [0.29, 0.717) is 28.1 Å². The third kappa shape index (κ3) is 3.32. The fourth-order valence-corrected chi connectivity index (χ4v) is 2.90. The van der Waals surface area contributed by atoms with Crippen LogP contribution in [0, 0.1) is 0 Å². The number of ether oxygens (including phenoxy) is 2. The van der Waals surface area contributed by atoms with Crippen molar-refractivity contribution in [3.63, 3.8) is 0 Å². The zero-order chi connectivity index (χ0) is 14.5. The molecule has 0 saturated heterocycles. The van der Waals surface area contributed by atoms with E-state index in [9.17, 15) is 4.79 Å². The molecular weight excluding hydrogens is 342 g/mol. The first kappa shape index (κ1) is 14.9. The van der Waals surface area contributed by atoms with Crippen LogP contribution in [0.5, 0.6) is 11.5 Å². The Balaban J connectivity index is 2.16. The molecule has 1 heterocycles. The molecule has 2 rings (SSSR count). The van der Waals surface area contributed by atoms with Crippen LogP contribution in [0.4, 0.5) is 0 Å². The molecule has 0 saturated carbocycles. The lowest BCUT2D eigenvalue weighted by Crippen LogP contribution is -2.22. The minimum atomic E-state index is -0.166. The summed E-state index contributed by atoms with van der Waals surface area (Å²) in [6.45, 7) is 0.503. The van der Waals surface area contributed by atoms with E-state index in [4.69, 9.17) is 9.47 Å². The van der Waals surface area contributed by atoms with Gasteiger partial charge in [-0.2, -0.15) is 11.3 Å². The van der Waals surface area contributed by atoms with Crippen LogP contribution in [0.3, 0.4) is 0 Å². The summed E-state index contributed by atoms with van der Waals surface area (Å²) in [5.74, 6) is 0.954. The van der Waals surface area contributed by atoms with Crippen molar-refractivity contribution in [3.05, 3.63) is 44.6 Å². The highest BCUT2D eigenvalue weighted by molar-refractivity contribution is 9.10. The number of hydrogen-bond donors (Lipinski definition) is 1. The zero-order valence-corrected chi connectivity index (χ0v) is 13.5. The zero-order valence-electron chi connectivity index (χ0n) is 11.1. The maximum atomic E-state index is 12.2. The van der Waals surface area contributed by atoms with E-state index >= 15 is 0 Å². The molecular formula is C14H14BrNO3S. The number of halogens is 1. The molecule has 0 aliphatic rings. The Labute approximate surface area is 129 Å². The minimum absolute atomic E-state index is 0.166. The largest absolute Gasteiger partial charge is 0.495 e. The normalized spacial score (nSPS) is 10.2. The van der Waals surface area contributed by atoms with Crippen LogP contribution in [-0.2, 0) is 6.54 Å². The Morgan fingerprint density at radius 1 is 1.30 bits per heavy atom. The summed E-state index contributed by atoms with van der Waals surface area (Å²) in [5, 5.41) is 6.85. The Hall–Kier alpha value is -1.53. The summed E-state index contributed by atoms with van der Waals surface area (Å²) < 4.78 is 11.1. The van der Waals surface area contributed by atoms with Crippen molar-refractivity contribution < 1.29 is 14.3 Å². The standard InChI is InChI=1S/C14H14BrNO3S/c1-18-11-5-10(6-12(19-2)13(11)15)14(17)16-7-9-3-4-20-8-9/h3-6,8H,7H2,1-2H3,(H,16,17). The number of thiophene rings is 1. The summed E-state index contributed by atoms with van der Waals surface area (Å²) in [4.78, 5) is 12.2. The maximum Gasteiger partial charge on any atom is 0.251 e. The molecule has 106 valence electrons. The van der Waals surface area contributed by atoms with Gasteiger partial charge in [-0.05, 0) is 50.5 Å². The second kappa shape index (κ2) is 6.76. The fourth-order valence-electron chi connectivity index (χ4n) is 1.68. The van der Waals surface area contributed by atoms with Gasteiger partial charge in [0.15, 0.2) is 0 Å². The van der Waals surface area contributed by atoms with Crippen LogP contribution in [0.25, 0.3) is 0 Å². The summed E-state index contributed by atoms with van der Waals surface area (Å²) in [5.41, 5.74) is 1.58. The van der Waals surface area contributed by atoms with Gasteiger partial charge in [-0.3, -0.25) is 4.79 Å². The molecule has 0 aliphatic heterocycles. The van der Waals surface area contributed by atoms with E-state index in [-0.39, 0.29) is 5.91 Å². The Kier molecular flexibility index (Phi) is 5.03. The van der Waals surface area contributed by atoms with Crippen LogP contribution in [0.1, 0.15) is 15.9 Å². The molecule has 2 aromatic rings. The summed E-state index contributed by atoms with van der Waals surface area (Å²) >= 11 is 4.98. The second-order valence-electron chi connectivity index (χ2n) is 4.01. The molecule has 0 aliphatic carbocycles. The first-order chi connectivity index (χ1) is 9.65. The molecule has 0 bridgehead atoms. The molecule has 6 heteroatoms. The van der Waals surface area contributed by atoms with E-state index in [0.717, 1.165) is 5.56 Å². The number of benzene rings is 1. The van der Waals surface area contributed by atoms with Crippen molar-refractivity contribution in [1.29, 1.82) is 0 Å². The first-order valence-electron chi connectivity index (χ1n) is 5.86. The number of methoxy groups -OCH3 is 2. The van der Waals surface area contributed by atoms with Crippen molar-refractivity contribution in [2.24, 2.45) is 0 Å². The summed E-state index contributed by atoms with van der Waals surface area (Å²) in [7, 11) is 3.10. The van der Waals surface area contributed by atoms with Crippen molar-refractivity contribution in [2.45, 2.75) is 6.54 Å². The lowest BCUT2D eigenvalue weighted by atomic mass is 10.2. The highest BCUT2D eigenvalue weighted by atomic mass is 79.9. The lowest BCUT2D eigenvalue weighted by molar-refractivity contribution is 0.0950. The van der Waals surface area contributed by atoms with Crippen LogP contribution in [0.2, 0.25) is 0 Å². The molecule has 0 unspecified atom stereocenters. The third-order valence-corrected chi connectivity index (χ3v) is 4.25. The van der Waals surface area contributed by atoms with Crippen LogP contribution in [-0.4, -0.2) is 20.1 Å². The number of carbonyl (C=O) groups excluding carboxylic acids is 1. The molecule has 0 spiro atoms. The topological polar surface area (TPSA) is 47.6 Å². The van der Waals surface area contributed by atoms with Gasteiger partial charge in [-0.25, -0.2) is 0 Å². The monoisotopic (exact) mass is 355 g/mol. The quantitative estimate of drug-likeness (QED) is 0.893. The number of carbonyl (C=O) groups is 1. The molecule has 1 amide bonds. The SMILES string of the molecule is COc1cc(C(=O)NCc2ccsc2)cc(OC)c1Br. The number of nitrogens with one attached hydrogen (secondary N) is 1. The van der Waals surface area contributed by atoms with Crippen molar-refractivity contribution in [1.82, 2.24) is 5.32 Å². The van der Waals surface area contributed by atoms with Gasteiger partial charge in [0.2, 0.25) is 0 Å². The Bertz CT molecular complexity index is 573. The predicted molar refractivity (Wildman–Crippen MR) is 82.7 cm³/mol. The summed E-state index contributed by atoms with van der Waals surface area (Å²) in [6.07, 6.45) is 0. The van der Waals surface area contributed by atoms with E-state index in [2.05, 4.69) is 21.2 Å². The Morgan fingerprint density at radius 3 is 2.45 bits per heavy atom. The molecule has 0 atom stereocenters. The number of amides is 1. The fraction of sp³-hybridized carbons (Fsp3) is 0.214. The van der Waals surface area contributed by atoms with Gasteiger partial charge >= 0.3 is 0 Å². The van der Waals surface area contributed by atoms with Gasteiger partial charge in [-0.15, -0.1) is 0 Å². The van der Waals surface area contributed by atoms with Crippen molar-refractivity contribution >= 4 is 33.2 Å². The van der Waals surface area contributed by atoms with E-state index in [1.807, 2.05) is 16.8 Å². The molecule has 1 N–H and O–H groups in total. The van der Waals surface area contributed by atoms with Gasteiger partial charge in [0.1, 0.15) is 16.0 Å². The van der Waals surface area contributed by atoms with E-state index in [1.165, 1.54) is 0 Å². The molecule has 20 heavy (non-hydrogen) atoms. The number of hydrogen-bond acceptors (Lipinski definition) is 4. The first-order valence-corrected chi connectivity index (χ1v) is 7.60. The van der Waals surface area contributed by atoms with Crippen LogP contribution >= 0.6 is 27.3 Å². The van der Waals surface area contributed by atoms with E-state index in [1.54, 1.807) is 37.7 Å². The van der Waals surface area contributed by atoms with Gasteiger partial charge in [0.05, 0.1) is 14.2 Å². The average molecular weight is 356 g/mol. The maximum absolute atomic E-state index is 12.2. The van der Waals surface area contributed by atoms with Gasteiger partial charge in [0.25, 0.3) is 5.91 Å². The van der Waals surface area contributed by atoms with Crippen LogP contribution < -0.4 is 14.8 Å². The van der Waals surface area contributed by atoms with Crippen LogP contribution in [0.15, 0.2) is 33.4 Å². The number of rotatable bonds is 5. The highest BCUT2D eigenvalue weighted by Crippen LogP contribution is 2.35. The van der Waals surface area contributed by atoms with Crippen molar-refractivity contribution in [3.8, 4) is 11.5 Å². The molecule has 4 nitrogen and oxygen atoms in total. The smallest absolute Gasteiger partial charge is 0.251 e. The van der Waals surface area contributed by atoms with Gasteiger partial charge in [-0.1, -0.05) is 0 Å². The van der Waals surface area contributed by atoms with Crippen molar-refractivity contribution in [2.75, 3.05) is 14.2 Å². The molecule has 1 aromatic heterocycles. The Morgan fingerprint density at radius 2 is 1.95 bits per heavy atom.